The summed E-state index contributed by atoms with van der Waals surface area (Å²) in [5.74, 6) is -0.486. The lowest BCUT2D eigenvalue weighted by atomic mass is 9.99. The number of benzene rings is 2. The van der Waals surface area contributed by atoms with Crippen molar-refractivity contribution in [3.8, 4) is 0 Å². The molecule has 13 heteroatoms. The van der Waals surface area contributed by atoms with Crippen LogP contribution in [-0.2, 0) is 21.9 Å². The van der Waals surface area contributed by atoms with Crippen molar-refractivity contribution in [1.29, 1.82) is 0 Å². The molecular weight excluding hydrogens is 606 g/mol. The Balaban J connectivity index is 1.54. The predicted molar refractivity (Wildman–Crippen MR) is 158 cm³/mol. The lowest BCUT2D eigenvalue weighted by molar-refractivity contribution is -0.163. The number of rotatable bonds is 8. The molecule has 2 amide bonds. The van der Waals surface area contributed by atoms with Crippen molar-refractivity contribution >= 4 is 35.3 Å². The molecule has 240 valence electrons. The number of likely N-dealkylation sites (N-methyl/N-ethyl adjacent to an activating group) is 1. The predicted octanol–water partition coefficient (Wildman–Crippen LogP) is 6.87. The summed E-state index contributed by atoms with van der Waals surface area (Å²) in [5, 5.41) is 3.34. The molecule has 2 aliphatic rings. The topological polar surface area (TPSA) is 55.9 Å². The van der Waals surface area contributed by atoms with E-state index in [4.69, 9.17) is 0 Å². The van der Waals surface area contributed by atoms with Gasteiger partial charge in [0, 0.05) is 53.8 Å². The highest BCUT2D eigenvalue weighted by molar-refractivity contribution is 7.99. The van der Waals surface area contributed by atoms with Gasteiger partial charge in [0.25, 0.3) is 0 Å². The summed E-state index contributed by atoms with van der Waals surface area (Å²) < 4.78 is 85.6. The summed E-state index contributed by atoms with van der Waals surface area (Å²) in [6, 6.07) is 8.54. The number of halogens is 6. The van der Waals surface area contributed by atoms with Crippen LogP contribution in [0.25, 0.3) is 6.08 Å². The highest BCUT2D eigenvalue weighted by Gasteiger charge is 2.46. The Kier molecular flexibility index (Phi) is 10.9. The number of alkyl halides is 6. The van der Waals surface area contributed by atoms with Crippen LogP contribution in [0.15, 0.2) is 52.3 Å². The third kappa shape index (κ3) is 8.93. The molecule has 0 saturated carbocycles. The molecule has 2 heterocycles. The van der Waals surface area contributed by atoms with Crippen molar-refractivity contribution in [1.82, 2.24) is 14.7 Å². The van der Waals surface area contributed by atoms with E-state index < -0.39 is 39.8 Å². The van der Waals surface area contributed by atoms with E-state index >= 15 is 0 Å². The fraction of sp³-hybridized carbons (Fsp3) is 0.484. The molecule has 0 unspecified atom stereocenters. The van der Waals surface area contributed by atoms with E-state index in [1.165, 1.54) is 11.0 Å². The van der Waals surface area contributed by atoms with Gasteiger partial charge in [-0.25, -0.2) is 0 Å². The van der Waals surface area contributed by atoms with Crippen molar-refractivity contribution in [2.24, 2.45) is 0 Å². The van der Waals surface area contributed by atoms with E-state index in [1.807, 2.05) is 14.1 Å². The number of carbonyl (C=O) groups is 2. The Labute approximate surface area is 257 Å². The zero-order valence-electron chi connectivity index (χ0n) is 24.6. The summed E-state index contributed by atoms with van der Waals surface area (Å²) in [6.07, 6.45) is -5.04. The number of hydrogen-bond acceptors (Lipinski definition) is 5. The molecule has 6 nitrogen and oxygen atoms in total. The minimum atomic E-state index is -5.32. The molecule has 0 atom stereocenters. The second kappa shape index (κ2) is 14.3. The van der Waals surface area contributed by atoms with E-state index in [1.54, 1.807) is 28.0 Å². The molecule has 2 aliphatic heterocycles. The maximum atomic E-state index is 14.3. The lowest BCUT2D eigenvalue weighted by Crippen LogP contribution is -2.45. The number of likely N-dealkylation sites (tertiary alicyclic amines) is 2. The van der Waals surface area contributed by atoms with Crippen molar-refractivity contribution in [3.63, 3.8) is 0 Å². The van der Waals surface area contributed by atoms with Crippen LogP contribution in [0, 0.1) is 0 Å². The fourth-order valence-corrected chi connectivity index (χ4v) is 6.49. The van der Waals surface area contributed by atoms with Gasteiger partial charge in [-0.05, 0) is 82.1 Å². The van der Waals surface area contributed by atoms with Gasteiger partial charge in [0.2, 0.25) is 11.8 Å². The highest BCUT2D eigenvalue weighted by Crippen LogP contribution is 2.48. The van der Waals surface area contributed by atoms with E-state index in [9.17, 15) is 35.9 Å². The molecule has 2 aromatic carbocycles. The first-order chi connectivity index (χ1) is 20.7. The van der Waals surface area contributed by atoms with E-state index in [0.717, 1.165) is 43.5 Å². The van der Waals surface area contributed by atoms with Crippen LogP contribution in [0.3, 0.4) is 0 Å². The van der Waals surface area contributed by atoms with Crippen LogP contribution in [0.5, 0.6) is 0 Å². The van der Waals surface area contributed by atoms with Gasteiger partial charge in [-0.15, -0.1) is 0 Å². The van der Waals surface area contributed by atoms with E-state index in [0.29, 0.717) is 67.9 Å². The minimum absolute atomic E-state index is 0.0277. The summed E-state index contributed by atoms with van der Waals surface area (Å²) in [4.78, 5) is 29.6. The molecule has 2 aromatic rings. The number of anilines is 1. The zero-order chi connectivity index (χ0) is 32.1. The average molecular weight is 643 g/mol. The minimum Gasteiger partial charge on any atom is -0.382 e. The number of piperidine rings is 2. The molecule has 0 radical (unpaired) electrons. The fourth-order valence-electron chi connectivity index (χ4n) is 5.45. The average Bonchev–Trinajstić information content (AvgIpc) is 2.95. The first-order valence-electron chi connectivity index (χ1n) is 14.5. The number of carbonyl (C=O) groups excluding carboxylic acids is 2. The Morgan fingerprint density at radius 3 is 2.18 bits per heavy atom. The summed E-state index contributed by atoms with van der Waals surface area (Å²) in [7, 11) is 3.65. The summed E-state index contributed by atoms with van der Waals surface area (Å²) in [5.41, 5.74) is -3.70. The van der Waals surface area contributed by atoms with Gasteiger partial charge in [0.05, 0.1) is 17.7 Å². The monoisotopic (exact) mass is 642 g/mol. The molecule has 1 N–H and O–H groups in total. The zero-order valence-corrected chi connectivity index (χ0v) is 25.4. The SMILES string of the molecule is CN(C)CC(=O)N1CCC(Nc2cccc(Sc3ccc(C=CC(=O)N4CCCCC4)c(C(F)(F)F)c3C(F)(F)F)c2)CC1. The van der Waals surface area contributed by atoms with E-state index in [2.05, 4.69) is 5.32 Å². The first kappa shape index (κ1) is 33.7. The number of nitrogens with one attached hydrogen (secondary N) is 1. The first-order valence-corrected chi connectivity index (χ1v) is 15.3. The largest absolute Gasteiger partial charge is 0.418 e. The second-order valence-corrected chi connectivity index (χ2v) is 12.4. The van der Waals surface area contributed by atoms with Crippen molar-refractivity contribution < 1.29 is 35.9 Å². The van der Waals surface area contributed by atoms with Crippen LogP contribution in [-0.4, -0.2) is 79.4 Å². The van der Waals surface area contributed by atoms with Gasteiger partial charge in [-0.2, -0.15) is 26.3 Å². The third-order valence-electron chi connectivity index (χ3n) is 7.57. The summed E-state index contributed by atoms with van der Waals surface area (Å²) in [6.45, 7) is 2.38. The molecule has 4 rings (SSSR count). The van der Waals surface area contributed by atoms with Gasteiger partial charge >= 0.3 is 12.4 Å². The molecule has 0 aromatic heterocycles. The maximum absolute atomic E-state index is 14.3. The van der Waals surface area contributed by atoms with Crippen LogP contribution in [0.2, 0.25) is 0 Å². The third-order valence-corrected chi connectivity index (χ3v) is 8.62. The van der Waals surface area contributed by atoms with Gasteiger partial charge in [0.1, 0.15) is 0 Å². The Morgan fingerprint density at radius 2 is 1.57 bits per heavy atom. The van der Waals surface area contributed by atoms with Crippen LogP contribution in [0.4, 0.5) is 32.0 Å². The van der Waals surface area contributed by atoms with Gasteiger partial charge in [-0.1, -0.05) is 23.9 Å². The van der Waals surface area contributed by atoms with Gasteiger partial charge < -0.3 is 20.0 Å². The molecular formula is C31H36F6N4O2S. The Hall–Kier alpha value is -3.19. The molecule has 0 bridgehead atoms. The highest BCUT2D eigenvalue weighted by atomic mass is 32.2. The van der Waals surface area contributed by atoms with Crippen molar-refractivity contribution in [3.05, 3.63) is 59.2 Å². The summed E-state index contributed by atoms with van der Waals surface area (Å²) >= 11 is 0.597. The molecule has 0 aliphatic carbocycles. The molecule has 0 spiro atoms. The van der Waals surface area contributed by atoms with Gasteiger partial charge in [-0.3, -0.25) is 9.59 Å². The number of nitrogens with zero attached hydrogens (tertiary/aromatic N) is 3. The lowest BCUT2D eigenvalue weighted by Gasteiger charge is -2.33. The Bertz CT molecular complexity index is 1350. The number of amides is 2. The molecule has 44 heavy (non-hydrogen) atoms. The quantitative estimate of drug-likeness (QED) is 0.252. The van der Waals surface area contributed by atoms with Gasteiger partial charge in [0.15, 0.2) is 0 Å². The van der Waals surface area contributed by atoms with Crippen LogP contribution in [0.1, 0.15) is 48.8 Å². The smallest absolute Gasteiger partial charge is 0.382 e. The Morgan fingerprint density at radius 1 is 0.909 bits per heavy atom. The maximum Gasteiger partial charge on any atom is 0.418 e. The van der Waals surface area contributed by atoms with Crippen molar-refractivity contribution in [2.45, 2.75) is 60.3 Å². The van der Waals surface area contributed by atoms with Crippen LogP contribution >= 0.6 is 11.8 Å². The standard InChI is InChI=1S/C31H36F6N4O2S/c1-39(2)20-27(43)41-17-13-22(14-18-41)38-23-7-6-8-24(19-23)44-25-11-9-21(10-12-26(42)40-15-4-3-5-16-40)28(30(32,33)34)29(25)31(35,36)37/h6-12,19,22,38H,3-5,13-18,20H2,1-2H3. The van der Waals surface area contributed by atoms with E-state index in [-0.39, 0.29) is 11.9 Å². The van der Waals surface area contributed by atoms with Crippen LogP contribution < -0.4 is 5.32 Å². The molecule has 2 saturated heterocycles. The second-order valence-electron chi connectivity index (χ2n) is 11.3. The normalized spacial score (nSPS) is 17.0. The molecule has 2 fully saturated rings. The van der Waals surface area contributed by atoms with Crippen molar-refractivity contribution in [2.75, 3.05) is 52.1 Å². The number of hydrogen-bond donors (Lipinski definition) is 1.